The van der Waals surface area contributed by atoms with E-state index in [-0.39, 0.29) is 11.9 Å². The summed E-state index contributed by atoms with van der Waals surface area (Å²) >= 11 is 0. The highest BCUT2D eigenvalue weighted by Gasteiger charge is 2.14. The number of nitrogen functional groups attached to an aromatic ring is 1. The molecular formula is C16H23N3O. The molecule has 20 heavy (non-hydrogen) atoms. The van der Waals surface area contributed by atoms with Gasteiger partial charge in [0.05, 0.1) is 5.56 Å². The van der Waals surface area contributed by atoms with Crippen molar-refractivity contribution in [3.05, 3.63) is 30.0 Å². The normalized spacial score (nSPS) is 12.8. The minimum Gasteiger partial charge on any atom is -0.399 e. The van der Waals surface area contributed by atoms with Crippen LogP contribution in [-0.2, 0) is 0 Å². The molecule has 0 spiro atoms. The first-order valence-electron chi connectivity index (χ1n) is 7.15. The third-order valence-electron chi connectivity index (χ3n) is 3.50. The van der Waals surface area contributed by atoms with E-state index >= 15 is 0 Å². The summed E-state index contributed by atoms with van der Waals surface area (Å²) < 4.78 is 0. The van der Waals surface area contributed by atoms with Crippen molar-refractivity contribution >= 4 is 22.5 Å². The minimum absolute atomic E-state index is 0.0303. The maximum atomic E-state index is 12.3. The Morgan fingerprint density at radius 1 is 1.30 bits per heavy atom. The fourth-order valence-corrected chi connectivity index (χ4v) is 2.29. The van der Waals surface area contributed by atoms with Gasteiger partial charge in [-0.2, -0.15) is 0 Å². The number of benzene rings is 1. The van der Waals surface area contributed by atoms with E-state index in [2.05, 4.69) is 24.1 Å². The van der Waals surface area contributed by atoms with Crippen LogP contribution in [0.2, 0.25) is 0 Å². The molecule has 0 aliphatic heterocycles. The number of carbonyl (C=O) groups is 1. The average molecular weight is 273 g/mol. The van der Waals surface area contributed by atoms with Gasteiger partial charge in [-0.25, -0.2) is 0 Å². The quantitative estimate of drug-likeness (QED) is 0.731. The number of aromatic nitrogens is 1. The molecular weight excluding hydrogens is 250 g/mol. The summed E-state index contributed by atoms with van der Waals surface area (Å²) in [5.41, 5.74) is 8.00. The lowest BCUT2D eigenvalue weighted by atomic mass is 10.0. The Kier molecular flexibility index (Phi) is 4.32. The summed E-state index contributed by atoms with van der Waals surface area (Å²) in [6.07, 6.45) is 3.86. The maximum Gasteiger partial charge on any atom is 0.253 e. The number of nitrogens with two attached hydrogens (primary N) is 1. The maximum absolute atomic E-state index is 12.3. The van der Waals surface area contributed by atoms with E-state index in [1.54, 1.807) is 6.20 Å². The summed E-state index contributed by atoms with van der Waals surface area (Å²) in [6.45, 7) is 6.43. The summed E-state index contributed by atoms with van der Waals surface area (Å²) in [6, 6.07) is 5.72. The Labute approximate surface area is 119 Å². The predicted octanol–water partition coefficient (Wildman–Crippen LogP) is 3.30. The lowest BCUT2D eigenvalue weighted by molar-refractivity contribution is 0.0939. The van der Waals surface area contributed by atoms with Gasteiger partial charge in [0.15, 0.2) is 0 Å². The molecule has 108 valence electrons. The molecule has 0 aliphatic rings. The van der Waals surface area contributed by atoms with Crippen molar-refractivity contribution in [1.29, 1.82) is 0 Å². The van der Waals surface area contributed by atoms with Crippen molar-refractivity contribution in [2.24, 2.45) is 5.92 Å². The number of rotatable bonds is 5. The average Bonchev–Trinajstić information content (AvgIpc) is 2.79. The van der Waals surface area contributed by atoms with Gasteiger partial charge in [0.1, 0.15) is 0 Å². The second-order valence-corrected chi connectivity index (χ2v) is 5.85. The highest BCUT2D eigenvalue weighted by Crippen LogP contribution is 2.20. The summed E-state index contributed by atoms with van der Waals surface area (Å²) in [7, 11) is 0. The van der Waals surface area contributed by atoms with E-state index in [9.17, 15) is 4.79 Å². The van der Waals surface area contributed by atoms with Gasteiger partial charge in [0, 0.05) is 28.8 Å². The van der Waals surface area contributed by atoms with Gasteiger partial charge in [0.2, 0.25) is 0 Å². The second-order valence-electron chi connectivity index (χ2n) is 5.85. The first-order chi connectivity index (χ1) is 9.47. The number of amides is 1. The molecule has 1 amide bonds. The van der Waals surface area contributed by atoms with E-state index in [1.807, 2.05) is 25.1 Å². The Balaban J connectivity index is 2.08. The van der Waals surface area contributed by atoms with Crippen LogP contribution in [-0.4, -0.2) is 16.9 Å². The summed E-state index contributed by atoms with van der Waals surface area (Å²) in [4.78, 5) is 15.4. The topological polar surface area (TPSA) is 70.9 Å². The van der Waals surface area contributed by atoms with Crippen molar-refractivity contribution in [3.63, 3.8) is 0 Å². The lowest BCUT2D eigenvalue weighted by Crippen LogP contribution is -2.32. The van der Waals surface area contributed by atoms with Crippen LogP contribution in [0.1, 0.15) is 44.0 Å². The van der Waals surface area contributed by atoms with Crippen LogP contribution in [0.4, 0.5) is 5.69 Å². The number of nitrogens with one attached hydrogen (secondary N) is 2. The van der Waals surface area contributed by atoms with Crippen molar-refractivity contribution in [2.75, 3.05) is 5.73 Å². The monoisotopic (exact) mass is 273 g/mol. The molecule has 4 heteroatoms. The number of H-pyrrole nitrogens is 1. The van der Waals surface area contributed by atoms with Gasteiger partial charge in [-0.05, 0) is 43.9 Å². The van der Waals surface area contributed by atoms with Crippen LogP contribution in [0, 0.1) is 5.92 Å². The first kappa shape index (κ1) is 14.4. The van der Waals surface area contributed by atoms with Crippen molar-refractivity contribution < 1.29 is 4.79 Å². The van der Waals surface area contributed by atoms with Crippen LogP contribution >= 0.6 is 0 Å². The third kappa shape index (κ3) is 3.32. The highest BCUT2D eigenvalue weighted by atomic mass is 16.1. The molecule has 2 aromatic rings. The smallest absolute Gasteiger partial charge is 0.253 e. The Hall–Kier alpha value is -1.97. The van der Waals surface area contributed by atoms with Crippen LogP contribution in [0.5, 0.6) is 0 Å². The highest BCUT2D eigenvalue weighted by molar-refractivity contribution is 6.07. The number of carbonyl (C=O) groups excluding carboxylic acids is 1. The Bertz CT molecular complexity index is 601. The zero-order valence-electron chi connectivity index (χ0n) is 12.4. The Morgan fingerprint density at radius 2 is 2.05 bits per heavy atom. The zero-order chi connectivity index (χ0) is 14.7. The van der Waals surface area contributed by atoms with Crippen LogP contribution in [0.25, 0.3) is 10.9 Å². The van der Waals surface area contributed by atoms with Gasteiger partial charge in [-0.15, -0.1) is 0 Å². The van der Waals surface area contributed by atoms with Gasteiger partial charge in [-0.3, -0.25) is 4.79 Å². The van der Waals surface area contributed by atoms with E-state index in [4.69, 9.17) is 5.73 Å². The molecule has 0 aliphatic carbocycles. The van der Waals surface area contributed by atoms with Crippen LogP contribution in [0.3, 0.4) is 0 Å². The van der Waals surface area contributed by atoms with Crippen molar-refractivity contribution in [2.45, 2.75) is 39.7 Å². The molecule has 0 saturated carbocycles. The van der Waals surface area contributed by atoms with E-state index in [1.165, 1.54) is 0 Å². The lowest BCUT2D eigenvalue weighted by Gasteiger charge is -2.14. The number of fused-ring (bicyclic) bond motifs is 1. The standard InChI is InChI=1S/C16H23N3O/c1-10(2)4-5-11(3)19-16(20)14-9-18-15-8-12(17)6-7-13(14)15/h6-11,18H,4-5,17H2,1-3H3,(H,19,20). The molecule has 1 atom stereocenters. The molecule has 1 aromatic carbocycles. The fourth-order valence-electron chi connectivity index (χ4n) is 2.29. The van der Waals surface area contributed by atoms with Crippen molar-refractivity contribution in [1.82, 2.24) is 10.3 Å². The van der Waals surface area contributed by atoms with Gasteiger partial charge in [0.25, 0.3) is 5.91 Å². The number of hydrogen-bond acceptors (Lipinski definition) is 2. The summed E-state index contributed by atoms with van der Waals surface area (Å²) in [5.74, 6) is 0.627. The minimum atomic E-state index is -0.0303. The van der Waals surface area contributed by atoms with E-state index in [0.717, 1.165) is 23.7 Å². The van der Waals surface area contributed by atoms with Gasteiger partial charge < -0.3 is 16.0 Å². The van der Waals surface area contributed by atoms with Gasteiger partial charge >= 0.3 is 0 Å². The number of hydrogen-bond donors (Lipinski definition) is 3. The van der Waals surface area contributed by atoms with Crippen molar-refractivity contribution in [3.8, 4) is 0 Å². The predicted molar refractivity (Wildman–Crippen MR) is 83.7 cm³/mol. The molecule has 1 aromatic heterocycles. The SMILES string of the molecule is CC(C)CCC(C)NC(=O)c1c[nH]c2cc(N)ccc12. The number of anilines is 1. The molecule has 0 bridgehead atoms. The van der Waals surface area contributed by atoms with Gasteiger partial charge in [-0.1, -0.05) is 13.8 Å². The molecule has 0 radical (unpaired) electrons. The molecule has 0 saturated heterocycles. The molecule has 1 unspecified atom stereocenters. The van der Waals surface area contributed by atoms with E-state index in [0.29, 0.717) is 17.2 Å². The first-order valence-corrected chi connectivity index (χ1v) is 7.15. The second kappa shape index (κ2) is 5.99. The van der Waals surface area contributed by atoms with Crippen LogP contribution in [0.15, 0.2) is 24.4 Å². The molecule has 2 rings (SSSR count). The third-order valence-corrected chi connectivity index (χ3v) is 3.50. The number of aromatic amines is 1. The van der Waals surface area contributed by atoms with E-state index < -0.39 is 0 Å². The Morgan fingerprint density at radius 3 is 2.75 bits per heavy atom. The fraction of sp³-hybridized carbons (Fsp3) is 0.438. The molecule has 4 N–H and O–H groups in total. The summed E-state index contributed by atoms with van der Waals surface area (Å²) in [5, 5.41) is 3.96. The molecule has 0 fully saturated rings. The molecule has 1 heterocycles. The zero-order valence-corrected chi connectivity index (χ0v) is 12.4. The van der Waals surface area contributed by atoms with Crippen LogP contribution < -0.4 is 11.1 Å². The largest absolute Gasteiger partial charge is 0.399 e. The molecule has 4 nitrogen and oxygen atoms in total.